The Hall–Kier alpha value is -7.06. The molecule has 0 saturated heterocycles. The molecule has 4 heterocycles. The molecule has 2 aliphatic heterocycles. The minimum atomic E-state index is -1.37. The van der Waals surface area contributed by atoms with Gasteiger partial charge in [-0.1, -0.05) is 54.6 Å². The van der Waals surface area contributed by atoms with Crippen molar-refractivity contribution in [1.82, 2.24) is 15.3 Å². The van der Waals surface area contributed by atoms with Gasteiger partial charge in [-0.05, 0) is 67.1 Å². The maximum absolute atomic E-state index is 14.9. The summed E-state index contributed by atoms with van der Waals surface area (Å²) in [6, 6.07) is 29.1. The molecule has 14 heteroatoms. The fourth-order valence-electron chi connectivity index (χ4n) is 7.36. The zero-order valence-electron chi connectivity index (χ0n) is 32.0. The van der Waals surface area contributed by atoms with Crippen LogP contribution in [-0.4, -0.2) is 77.6 Å². The first-order chi connectivity index (χ1) is 28.8. The minimum absolute atomic E-state index is 0.0509. The quantitative estimate of drug-likeness (QED) is 0.105. The number of fused-ring (bicyclic) bond motifs is 4. The van der Waals surface area contributed by atoms with Crippen LogP contribution in [0.1, 0.15) is 57.9 Å². The van der Waals surface area contributed by atoms with E-state index in [0.717, 1.165) is 10.8 Å². The first-order valence-electron chi connectivity index (χ1n) is 19.3. The van der Waals surface area contributed by atoms with E-state index in [1.807, 2.05) is 36.4 Å². The number of ether oxygens (including phenoxy) is 5. The van der Waals surface area contributed by atoms with Crippen LogP contribution in [0.3, 0.4) is 0 Å². The fraction of sp³-hybridized carbons (Fsp3) is 0.244. The van der Waals surface area contributed by atoms with Crippen molar-refractivity contribution in [2.75, 3.05) is 31.5 Å². The minimum Gasteiger partial charge on any atom is -0.493 e. The van der Waals surface area contributed by atoms with Crippen LogP contribution in [0.25, 0.3) is 21.8 Å². The van der Waals surface area contributed by atoms with Gasteiger partial charge in [-0.15, -0.1) is 0 Å². The lowest BCUT2D eigenvalue weighted by Crippen LogP contribution is -2.58. The highest BCUT2D eigenvalue weighted by Gasteiger charge is 2.48. The zero-order valence-corrected chi connectivity index (χ0v) is 32.0. The number of carbonyl (C=O) groups is 4. The van der Waals surface area contributed by atoms with E-state index < -0.39 is 48.4 Å². The van der Waals surface area contributed by atoms with Crippen LogP contribution < -0.4 is 24.4 Å². The number of aliphatic hydroxyl groups is 1. The van der Waals surface area contributed by atoms with Gasteiger partial charge >= 0.3 is 11.9 Å². The number of pyridine rings is 2. The molecule has 3 atom stereocenters. The maximum atomic E-state index is 14.9. The third kappa shape index (κ3) is 8.34. The predicted octanol–water partition coefficient (Wildman–Crippen LogP) is 5.88. The average Bonchev–Trinajstić information content (AvgIpc) is 3.72. The van der Waals surface area contributed by atoms with Gasteiger partial charge in [-0.3, -0.25) is 24.1 Å². The summed E-state index contributed by atoms with van der Waals surface area (Å²) in [6.07, 6.45) is -1.65. The predicted molar refractivity (Wildman–Crippen MR) is 215 cm³/mol. The van der Waals surface area contributed by atoms with E-state index >= 15 is 0 Å². The molecule has 0 spiro atoms. The molecule has 2 aromatic heterocycles. The van der Waals surface area contributed by atoms with Gasteiger partial charge < -0.3 is 34.1 Å². The smallest absolute Gasteiger partial charge is 0.310 e. The summed E-state index contributed by atoms with van der Waals surface area (Å²) in [5.41, 5.74) is 2.56. The van der Waals surface area contributed by atoms with Gasteiger partial charge in [0.1, 0.15) is 23.2 Å². The molecular formula is C45H40N4O10. The number of nitrogens with zero attached hydrogens (tertiary/aromatic N) is 3. The van der Waals surface area contributed by atoms with Gasteiger partial charge in [0.05, 0.1) is 54.9 Å². The van der Waals surface area contributed by atoms with Crippen molar-refractivity contribution in [3.8, 4) is 17.2 Å². The number of rotatable bonds is 13. The van der Waals surface area contributed by atoms with E-state index in [-0.39, 0.29) is 44.4 Å². The lowest BCUT2D eigenvalue weighted by atomic mass is 9.85. The number of aromatic nitrogens is 2. The van der Waals surface area contributed by atoms with Gasteiger partial charge in [0.15, 0.2) is 11.5 Å². The Morgan fingerprint density at radius 2 is 1.53 bits per heavy atom. The van der Waals surface area contributed by atoms with Crippen LogP contribution in [0.2, 0.25) is 0 Å². The molecule has 0 bridgehead atoms. The molecule has 59 heavy (non-hydrogen) atoms. The number of nitrogens with one attached hydrogen (secondary N) is 1. The molecule has 8 rings (SSSR count). The van der Waals surface area contributed by atoms with Crippen LogP contribution in [0, 0.1) is 0 Å². The topological polar surface area (TPSA) is 176 Å². The molecule has 0 fully saturated rings. The number of benzene rings is 4. The van der Waals surface area contributed by atoms with Crippen LogP contribution in [0.15, 0.2) is 109 Å². The number of para-hydroxylation sites is 2. The molecule has 2 N–H and O–H groups in total. The van der Waals surface area contributed by atoms with Crippen molar-refractivity contribution < 1.29 is 48.0 Å². The fourth-order valence-corrected chi connectivity index (χ4v) is 7.36. The first kappa shape index (κ1) is 38.8. The summed E-state index contributed by atoms with van der Waals surface area (Å²) in [5, 5.41) is 14.1. The Morgan fingerprint density at radius 3 is 2.27 bits per heavy atom. The molecule has 300 valence electrons. The highest BCUT2D eigenvalue weighted by atomic mass is 16.7. The summed E-state index contributed by atoms with van der Waals surface area (Å²) in [7, 11) is 0. The molecule has 14 nitrogen and oxygen atoms in total. The van der Waals surface area contributed by atoms with E-state index in [1.54, 1.807) is 79.7 Å². The molecule has 0 radical (unpaired) electrons. The van der Waals surface area contributed by atoms with E-state index in [4.69, 9.17) is 23.7 Å². The molecule has 2 amide bonds. The third-order valence-electron chi connectivity index (χ3n) is 10.1. The monoisotopic (exact) mass is 796 g/mol. The van der Waals surface area contributed by atoms with Crippen molar-refractivity contribution in [3.63, 3.8) is 0 Å². The standard InChI is InChI=1S/C45H40N4O10/c1-2-55-40(51)25-37-43(59-41(52)23-27-12-19-38-39(22-27)58-26-57-38)42(48-44(53)34-16-13-28-8-3-5-10-32(28)46-34)31-24-30(56-21-7-20-50)15-18-36(31)49(37)45(54)35-17-14-29-9-4-6-11-33(29)47-35/h3-6,8-19,22,24,37,42-43,50H,2,7,20-21,23,25-26H2,1H3,(H,48,53)/t37-,42-,43-/m0/s1. The Labute approximate surface area is 338 Å². The summed E-state index contributed by atoms with van der Waals surface area (Å²) in [4.78, 5) is 67.6. The summed E-state index contributed by atoms with van der Waals surface area (Å²) in [5.74, 6) is -1.17. The van der Waals surface area contributed by atoms with Crippen molar-refractivity contribution in [3.05, 3.63) is 132 Å². The van der Waals surface area contributed by atoms with E-state index in [1.165, 1.54) is 4.90 Å². The zero-order chi connectivity index (χ0) is 40.9. The molecule has 0 aliphatic carbocycles. The largest absolute Gasteiger partial charge is 0.493 e. The number of anilines is 1. The Morgan fingerprint density at radius 1 is 0.814 bits per heavy atom. The van der Waals surface area contributed by atoms with Crippen molar-refractivity contribution in [2.45, 2.75) is 44.4 Å². The second-order valence-electron chi connectivity index (χ2n) is 13.9. The second-order valence-corrected chi connectivity index (χ2v) is 13.9. The SMILES string of the molecule is CCOC(=O)C[C@H]1[C@H](OC(=O)Cc2ccc3c(c2)OCO3)[C@@H](NC(=O)c2ccc3ccccc3n2)c2cc(OCCCO)ccc2N1C(=O)c1ccc2ccccc2n1. The van der Waals surface area contributed by atoms with Crippen molar-refractivity contribution >= 4 is 51.2 Å². The van der Waals surface area contributed by atoms with Crippen LogP contribution in [0.5, 0.6) is 17.2 Å². The van der Waals surface area contributed by atoms with Gasteiger partial charge in [0.25, 0.3) is 11.8 Å². The maximum Gasteiger partial charge on any atom is 0.310 e. The number of hydrogen-bond acceptors (Lipinski definition) is 12. The Kier molecular flexibility index (Phi) is 11.3. The highest BCUT2D eigenvalue weighted by Crippen LogP contribution is 2.43. The van der Waals surface area contributed by atoms with Gasteiger partial charge in [-0.2, -0.15) is 0 Å². The number of aliphatic hydroxyl groups excluding tert-OH is 1. The number of hydrogen-bond donors (Lipinski definition) is 2. The summed E-state index contributed by atoms with van der Waals surface area (Å²) < 4.78 is 28.7. The molecule has 4 aromatic carbocycles. The van der Waals surface area contributed by atoms with Crippen LogP contribution in [-0.2, 0) is 25.5 Å². The van der Waals surface area contributed by atoms with Gasteiger partial charge in [0, 0.05) is 29.4 Å². The third-order valence-corrected chi connectivity index (χ3v) is 10.1. The van der Waals surface area contributed by atoms with Gasteiger partial charge in [-0.25, -0.2) is 9.97 Å². The molecule has 0 unspecified atom stereocenters. The van der Waals surface area contributed by atoms with E-state index in [0.29, 0.717) is 51.5 Å². The molecule has 0 saturated carbocycles. The normalized spacial score (nSPS) is 16.6. The van der Waals surface area contributed by atoms with Crippen LogP contribution >= 0.6 is 0 Å². The van der Waals surface area contributed by atoms with Crippen molar-refractivity contribution in [2.24, 2.45) is 0 Å². The average molecular weight is 797 g/mol. The highest BCUT2D eigenvalue weighted by molar-refractivity contribution is 6.08. The lowest BCUT2D eigenvalue weighted by Gasteiger charge is -2.45. The second kappa shape index (κ2) is 17.2. The Bertz CT molecular complexity index is 2560. The Balaban J connectivity index is 1.26. The first-order valence-corrected chi connectivity index (χ1v) is 19.3. The van der Waals surface area contributed by atoms with Crippen LogP contribution in [0.4, 0.5) is 5.69 Å². The number of esters is 2. The van der Waals surface area contributed by atoms with Gasteiger partial charge in [0.2, 0.25) is 6.79 Å². The molecule has 2 aliphatic rings. The molecule has 6 aromatic rings. The van der Waals surface area contributed by atoms with E-state index in [9.17, 15) is 24.3 Å². The van der Waals surface area contributed by atoms with Crippen molar-refractivity contribution in [1.29, 1.82) is 0 Å². The van der Waals surface area contributed by atoms with E-state index in [2.05, 4.69) is 15.3 Å². The summed E-state index contributed by atoms with van der Waals surface area (Å²) >= 11 is 0. The lowest BCUT2D eigenvalue weighted by molar-refractivity contribution is -0.154. The number of carbonyl (C=O) groups excluding carboxylic acids is 4. The summed E-state index contributed by atoms with van der Waals surface area (Å²) in [6.45, 7) is 1.85. The number of amides is 2. The molecular weight excluding hydrogens is 757 g/mol.